The van der Waals surface area contributed by atoms with E-state index in [1.807, 2.05) is 0 Å². The summed E-state index contributed by atoms with van der Waals surface area (Å²) in [6, 6.07) is 5.08. The van der Waals surface area contributed by atoms with Crippen molar-refractivity contribution in [2.75, 3.05) is 10.9 Å². The Kier molecular flexibility index (Phi) is 4.71. The van der Waals surface area contributed by atoms with Crippen LogP contribution in [0.5, 0.6) is 0 Å². The highest BCUT2D eigenvalue weighted by Crippen LogP contribution is 2.27. The number of carbonyl (C=O) groups is 1. The Morgan fingerprint density at radius 2 is 2.00 bits per heavy atom. The molecule has 0 unspecified atom stereocenters. The molecule has 0 aliphatic heterocycles. The normalized spacial score (nSPS) is 10.1. The molecule has 1 rings (SSSR count). The number of alkyl halides is 1. The molecule has 15 heavy (non-hydrogen) atoms. The number of nitrogens with zero attached hydrogens (tertiary/aromatic N) is 1. The van der Waals surface area contributed by atoms with Crippen molar-refractivity contribution in [3.05, 3.63) is 28.2 Å². The molecule has 0 aromatic heterocycles. The van der Waals surface area contributed by atoms with Crippen LogP contribution in [-0.4, -0.2) is 11.9 Å². The molecule has 0 atom stereocenters. The van der Waals surface area contributed by atoms with Crippen LogP contribution in [0.4, 0.5) is 5.69 Å². The van der Waals surface area contributed by atoms with E-state index >= 15 is 0 Å². The number of hydrogen-bond acceptors (Lipinski definition) is 1. The van der Waals surface area contributed by atoms with Crippen LogP contribution in [0.3, 0.4) is 0 Å². The molecule has 0 aliphatic carbocycles. The van der Waals surface area contributed by atoms with Gasteiger partial charge < -0.3 is 0 Å². The zero-order chi connectivity index (χ0) is 11.4. The maximum absolute atomic E-state index is 11.5. The van der Waals surface area contributed by atoms with E-state index in [9.17, 15) is 4.79 Å². The lowest BCUT2D eigenvalue weighted by Gasteiger charge is -2.19. The summed E-state index contributed by atoms with van der Waals surface area (Å²) >= 11 is 17.3. The molecule has 82 valence electrons. The average Bonchev–Trinajstić information content (AvgIpc) is 2.24. The van der Waals surface area contributed by atoms with Crippen LogP contribution in [0, 0.1) is 0 Å². The Labute approximate surface area is 104 Å². The second kappa shape index (κ2) is 5.59. The first-order valence-corrected chi connectivity index (χ1v) is 5.70. The zero-order valence-electron chi connectivity index (χ0n) is 8.14. The summed E-state index contributed by atoms with van der Waals surface area (Å²) in [5.74, 6) is -0.0524. The quantitative estimate of drug-likeness (QED) is 0.599. The molecule has 0 saturated heterocycles. The first kappa shape index (κ1) is 12.6. The minimum atomic E-state index is -0.0524. The number of amides is 1. The lowest BCUT2D eigenvalue weighted by Crippen LogP contribution is -2.28. The van der Waals surface area contributed by atoms with Crippen molar-refractivity contribution in [1.82, 2.24) is 0 Å². The van der Waals surface area contributed by atoms with Crippen LogP contribution >= 0.6 is 34.8 Å². The first-order valence-electron chi connectivity index (χ1n) is 4.41. The van der Waals surface area contributed by atoms with Gasteiger partial charge in [-0.25, -0.2) is 0 Å². The van der Waals surface area contributed by atoms with E-state index in [1.165, 1.54) is 4.90 Å². The van der Waals surface area contributed by atoms with Crippen molar-refractivity contribution >= 4 is 46.4 Å². The molecular weight excluding hydrogens is 256 g/mol. The van der Waals surface area contributed by atoms with Crippen molar-refractivity contribution in [2.45, 2.75) is 13.3 Å². The van der Waals surface area contributed by atoms with E-state index < -0.39 is 0 Å². The number of rotatable bonds is 3. The van der Waals surface area contributed by atoms with Gasteiger partial charge in [-0.3, -0.25) is 9.69 Å². The Morgan fingerprint density at radius 3 is 2.47 bits per heavy atom. The summed E-state index contributed by atoms with van der Waals surface area (Å²) in [6.07, 6.45) is 0.396. The molecule has 0 heterocycles. The van der Waals surface area contributed by atoms with Gasteiger partial charge >= 0.3 is 0 Å². The fourth-order valence-electron chi connectivity index (χ4n) is 1.12. The maximum atomic E-state index is 11.5. The summed E-state index contributed by atoms with van der Waals surface area (Å²) in [7, 11) is 0. The highest BCUT2D eigenvalue weighted by molar-refractivity contribution is 6.42. The number of benzene rings is 1. The SMILES string of the molecule is CCC(=O)N(CCl)c1ccc(Cl)c(Cl)c1. The highest BCUT2D eigenvalue weighted by Gasteiger charge is 2.13. The molecule has 0 N–H and O–H groups in total. The third-order valence-electron chi connectivity index (χ3n) is 1.94. The van der Waals surface area contributed by atoms with E-state index in [1.54, 1.807) is 25.1 Å². The average molecular weight is 267 g/mol. The van der Waals surface area contributed by atoms with Crippen molar-refractivity contribution < 1.29 is 4.79 Å². The molecule has 1 aromatic carbocycles. The van der Waals surface area contributed by atoms with Gasteiger partial charge in [0.1, 0.15) is 6.00 Å². The number of anilines is 1. The number of carbonyl (C=O) groups excluding carboxylic acids is 1. The van der Waals surface area contributed by atoms with Crippen molar-refractivity contribution in [3.8, 4) is 0 Å². The van der Waals surface area contributed by atoms with Crippen LogP contribution in [-0.2, 0) is 4.79 Å². The number of halogens is 3. The van der Waals surface area contributed by atoms with Gasteiger partial charge in [0.2, 0.25) is 5.91 Å². The van der Waals surface area contributed by atoms with Gasteiger partial charge in [0.25, 0.3) is 0 Å². The molecule has 0 fully saturated rings. The Bertz CT molecular complexity index is 368. The van der Waals surface area contributed by atoms with Crippen molar-refractivity contribution in [3.63, 3.8) is 0 Å². The molecule has 5 heteroatoms. The van der Waals surface area contributed by atoms with E-state index in [0.717, 1.165) is 0 Å². The van der Waals surface area contributed by atoms with Crippen molar-refractivity contribution in [1.29, 1.82) is 0 Å². The molecule has 2 nitrogen and oxygen atoms in total. The van der Waals surface area contributed by atoms with Crippen LogP contribution in [0.25, 0.3) is 0 Å². The van der Waals surface area contributed by atoms with Gasteiger partial charge in [-0.1, -0.05) is 30.1 Å². The third-order valence-corrected chi connectivity index (χ3v) is 2.92. The lowest BCUT2D eigenvalue weighted by atomic mass is 10.3. The van der Waals surface area contributed by atoms with Gasteiger partial charge in [-0.05, 0) is 18.2 Å². The minimum absolute atomic E-state index is 0.0524. The van der Waals surface area contributed by atoms with Gasteiger partial charge in [-0.15, -0.1) is 11.6 Å². The summed E-state index contributed by atoms with van der Waals surface area (Å²) in [4.78, 5) is 13.0. The van der Waals surface area contributed by atoms with Crippen molar-refractivity contribution in [2.24, 2.45) is 0 Å². The topological polar surface area (TPSA) is 20.3 Å². The van der Waals surface area contributed by atoms with Gasteiger partial charge in [0.05, 0.1) is 10.0 Å². The van der Waals surface area contributed by atoms with Gasteiger partial charge in [0.15, 0.2) is 0 Å². The van der Waals surface area contributed by atoms with E-state index in [0.29, 0.717) is 22.2 Å². The second-order valence-corrected chi connectivity index (χ2v) is 3.95. The van der Waals surface area contributed by atoms with Gasteiger partial charge in [0, 0.05) is 12.1 Å². The van der Waals surface area contributed by atoms with Gasteiger partial charge in [-0.2, -0.15) is 0 Å². The van der Waals surface area contributed by atoms with Crippen LogP contribution in [0.2, 0.25) is 10.0 Å². The largest absolute Gasteiger partial charge is 0.298 e. The summed E-state index contributed by atoms with van der Waals surface area (Å²) in [5, 5.41) is 0.868. The Hall–Kier alpha value is -0.440. The predicted molar refractivity (Wildman–Crippen MR) is 65.0 cm³/mol. The third kappa shape index (κ3) is 3.00. The fourth-order valence-corrected chi connectivity index (χ4v) is 1.69. The molecule has 0 saturated carbocycles. The lowest BCUT2D eigenvalue weighted by molar-refractivity contribution is -0.118. The molecule has 1 amide bonds. The molecule has 0 bridgehead atoms. The minimum Gasteiger partial charge on any atom is -0.298 e. The summed E-state index contributed by atoms with van der Waals surface area (Å²) < 4.78 is 0. The second-order valence-electron chi connectivity index (χ2n) is 2.89. The number of hydrogen-bond donors (Lipinski definition) is 0. The molecule has 1 aromatic rings. The fraction of sp³-hybridized carbons (Fsp3) is 0.300. The Balaban J connectivity index is 3.02. The molecule has 0 radical (unpaired) electrons. The molecule has 0 spiro atoms. The Morgan fingerprint density at radius 1 is 1.33 bits per heavy atom. The van der Waals surface area contributed by atoms with E-state index in [-0.39, 0.29) is 11.9 Å². The molecule has 0 aliphatic rings. The predicted octanol–water partition coefficient (Wildman–Crippen LogP) is 3.93. The van der Waals surface area contributed by atoms with Crippen LogP contribution < -0.4 is 4.90 Å². The monoisotopic (exact) mass is 265 g/mol. The van der Waals surface area contributed by atoms with E-state index in [2.05, 4.69) is 0 Å². The van der Waals surface area contributed by atoms with E-state index in [4.69, 9.17) is 34.8 Å². The van der Waals surface area contributed by atoms with Crippen LogP contribution in [0.1, 0.15) is 13.3 Å². The zero-order valence-corrected chi connectivity index (χ0v) is 10.4. The first-order chi connectivity index (χ1) is 7.10. The summed E-state index contributed by atoms with van der Waals surface area (Å²) in [5.41, 5.74) is 0.659. The standard InChI is InChI=1S/C10H10Cl3NO/c1-2-10(15)14(6-11)7-3-4-8(12)9(13)5-7/h3-5H,2,6H2,1H3. The summed E-state index contributed by atoms with van der Waals surface area (Å²) in [6.45, 7) is 1.78. The maximum Gasteiger partial charge on any atom is 0.227 e. The smallest absolute Gasteiger partial charge is 0.227 e. The highest BCUT2D eigenvalue weighted by atomic mass is 35.5. The molecular formula is C10H10Cl3NO. The van der Waals surface area contributed by atoms with Crippen LogP contribution in [0.15, 0.2) is 18.2 Å².